The quantitative estimate of drug-likeness (QED) is 0.854. The highest BCUT2D eigenvalue weighted by Crippen LogP contribution is 2.22. The van der Waals surface area contributed by atoms with Crippen molar-refractivity contribution in [3.63, 3.8) is 0 Å². The molecule has 0 aliphatic heterocycles. The van der Waals surface area contributed by atoms with Crippen LogP contribution in [0, 0.1) is 0 Å². The van der Waals surface area contributed by atoms with Gasteiger partial charge in [-0.2, -0.15) is 5.10 Å². The molecule has 0 amide bonds. The second kappa shape index (κ2) is 5.96. The van der Waals surface area contributed by atoms with Gasteiger partial charge in [0.25, 0.3) is 0 Å². The molecule has 0 spiro atoms. The Kier molecular flexibility index (Phi) is 4.27. The van der Waals surface area contributed by atoms with E-state index >= 15 is 0 Å². The van der Waals surface area contributed by atoms with E-state index in [1.54, 1.807) is 24.3 Å². The van der Waals surface area contributed by atoms with E-state index in [2.05, 4.69) is 5.10 Å². The van der Waals surface area contributed by atoms with Gasteiger partial charge < -0.3 is 9.84 Å². The van der Waals surface area contributed by atoms with Gasteiger partial charge >= 0.3 is 5.97 Å². The summed E-state index contributed by atoms with van der Waals surface area (Å²) in [6, 6.07) is 8.84. The van der Waals surface area contributed by atoms with Crippen molar-refractivity contribution in [2.45, 2.75) is 0 Å². The van der Waals surface area contributed by atoms with Gasteiger partial charge in [-0.15, -0.1) is 0 Å². The zero-order valence-corrected chi connectivity index (χ0v) is 12.1. The molecule has 0 bridgehead atoms. The van der Waals surface area contributed by atoms with Gasteiger partial charge in [-0.1, -0.05) is 18.2 Å². The molecule has 0 radical (unpaired) electrons. The molecule has 1 aromatic heterocycles. The summed E-state index contributed by atoms with van der Waals surface area (Å²) in [4.78, 5) is 11.2. The number of para-hydroxylation sites is 1. The molecule has 1 heterocycles. The highest BCUT2D eigenvalue weighted by molar-refractivity contribution is 7.90. The molecule has 112 valence electrons. The van der Waals surface area contributed by atoms with Gasteiger partial charge in [0.05, 0.1) is 17.6 Å². The smallest absolute Gasteiger partial charge is 0.342 e. The third kappa shape index (κ3) is 3.82. The number of rotatable bonds is 6. The summed E-state index contributed by atoms with van der Waals surface area (Å²) in [5.41, 5.74) is 0.506. The Labute approximate surface area is 121 Å². The van der Waals surface area contributed by atoms with Crippen LogP contribution in [0.3, 0.4) is 0 Å². The van der Waals surface area contributed by atoms with Gasteiger partial charge in [-0.3, -0.25) is 0 Å². The molecule has 0 fully saturated rings. The zero-order valence-electron chi connectivity index (χ0n) is 11.3. The number of nitrogens with zero attached hydrogens (tertiary/aromatic N) is 2. The topological polar surface area (TPSA) is 98.5 Å². The van der Waals surface area contributed by atoms with Crippen molar-refractivity contribution in [2.75, 3.05) is 18.6 Å². The third-order valence-electron chi connectivity index (χ3n) is 2.65. The fourth-order valence-electron chi connectivity index (χ4n) is 1.67. The number of benzene rings is 1. The molecule has 7 nitrogen and oxygen atoms in total. The first-order valence-electron chi connectivity index (χ1n) is 6.06. The Morgan fingerprint density at radius 2 is 2.00 bits per heavy atom. The standard InChI is InChI=1S/C13H14N2O5S/c1-21(18,19)8-7-20-12-11(13(16)17)9-14-15(12)10-5-3-2-4-6-10/h2-6,9H,7-8H2,1H3,(H,16,17). The van der Waals surface area contributed by atoms with Crippen molar-refractivity contribution >= 4 is 15.8 Å². The minimum Gasteiger partial charge on any atom is -0.477 e. The first-order chi connectivity index (χ1) is 9.88. The molecule has 0 saturated carbocycles. The maximum absolute atomic E-state index is 11.2. The van der Waals surface area contributed by atoms with Crippen LogP contribution >= 0.6 is 0 Å². The summed E-state index contributed by atoms with van der Waals surface area (Å²) < 4.78 is 28.9. The van der Waals surface area contributed by atoms with E-state index in [0.29, 0.717) is 5.69 Å². The van der Waals surface area contributed by atoms with Gasteiger partial charge in [-0.25, -0.2) is 17.9 Å². The molecular formula is C13H14N2O5S. The van der Waals surface area contributed by atoms with E-state index in [-0.39, 0.29) is 23.8 Å². The molecule has 1 aromatic carbocycles. The van der Waals surface area contributed by atoms with Crippen molar-refractivity contribution < 1.29 is 23.1 Å². The van der Waals surface area contributed by atoms with Gasteiger partial charge in [0.2, 0.25) is 5.88 Å². The number of carboxylic acids is 1. The molecule has 2 aromatic rings. The van der Waals surface area contributed by atoms with Gasteiger partial charge in [0, 0.05) is 6.26 Å². The minimum atomic E-state index is -3.19. The Hall–Kier alpha value is -2.35. The number of ether oxygens (including phenoxy) is 1. The van der Waals surface area contributed by atoms with Crippen LogP contribution < -0.4 is 4.74 Å². The second-order valence-electron chi connectivity index (χ2n) is 4.39. The number of carbonyl (C=O) groups is 1. The zero-order chi connectivity index (χ0) is 15.5. The fourth-order valence-corrected chi connectivity index (χ4v) is 2.05. The molecule has 2 rings (SSSR count). The maximum atomic E-state index is 11.2. The molecule has 0 aliphatic rings. The van der Waals surface area contributed by atoms with Crippen LogP contribution in [-0.4, -0.2) is 47.9 Å². The van der Waals surface area contributed by atoms with E-state index in [0.717, 1.165) is 6.26 Å². The van der Waals surface area contributed by atoms with E-state index in [1.165, 1.54) is 10.9 Å². The van der Waals surface area contributed by atoms with Crippen LogP contribution in [0.25, 0.3) is 5.69 Å². The van der Waals surface area contributed by atoms with Crippen molar-refractivity contribution in [3.8, 4) is 11.6 Å². The lowest BCUT2D eigenvalue weighted by Crippen LogP contribution is -2.15. The SMILES string of the molecule is CS(=O)(=O)CCOc1c(C(=O)O)cnn1-c1ccccc1. The van der Waals surface area contributed by atoms with Crippen molar-refractivity contribution in [3.05, 3.63) is 42.1 Å². The number of hydrogen-bond donors (Lipinski definition) is 1. The van der Waals surface area contributed by atoms with Gasteiger partial charge in [0.1, 0.15) is 12.2 Å². The summed E-state index contributed by atoms with van der Waals surface area (Å²) in [5, 5.41) is 13.1. The molecular weight excluding hydrogens is 296 g/mol. The molecule has 1 N–H and O–H groups in total. The Bertz CT molecular complexity index is 737. The van der Waals surface area contributed by atoms with Crippen molar-refractivity contribution in [1.29, 1.82) is 0 Å². The lowest BCUT2D eigenvalue weighted by molar-refractivity contribution is 0.0692. The second-order valence-corrected chi connectivity index (χ2v) is 6.65. The highest BCUT2D eigenvalue weighted by atomic mass is 32.2. The summed E-state index contributed by atoms with van der Waals surface area (Å²) >= 11 is 0. The lowest BCUT2D eigenvalue weighted by Gasteiger charge is -2.09. The summed E-state index contributed by atoms with van der Waals surface area (Å²) in [5.74, 6) is -1.38. The molecule has 0 aliphatic carbocycles. The van der Waals surface area contributed by atoms with Gasteiger partial charge in [-0.05, 0) is 12.1 Å². The minimum absolute atomic E-state index is 0.0114. The summed E-state index contributed by atoms with van der Waals surface area (Å²) in [6.45, 7) is -0.141. The predicted octanol–water partition coefficient (Wildman–Crippen LogP) is 0.994. The molecule has 21 heavy (non-hydrogen) atoms. The number of aromatic carboxylic acids is 1. The Morgan fingerprint density at radius 1 is 1.33 bits per heavy atom. The number of hydrogen-bond acceptors (Lipinski definition) is 5. The van der Waals surface area contributed by atoms with Crippen LogP contribution in [0.5, 0.6) is 5.88 Å². The van der Waals surface area contributed by atoms with E-state index in [1.807, 2.05) is 6.07 Å². The number of aromatic nitrogens is 2. The fraction of sp³-hybridized carbons (Fsp3) is 0.231. The first-order valence-corrected chi connectivity index (χ1v) is 8.12. The number of sulfone groups is 1. The molecule has 8 heteroatoms. The molecule has 0 atom stereocenters. The van der Waals surface area contributed by atoms with Crippen molar-refractivity contribution in [1.82, 2.24) is 9.78 Å². The maximum Gasteiger partial charge on any atom is 0.342 e. The third-order valence-corrected chi connectivity index (χ3v) is 3.56. The van der Waals surface area contributed by atoms with Crippen molar-refractivity contribution in [2.24, 2.45) is 0 Å². The van der Waals surface area contributed by atoms with Crippen LogP contribution in [-0.2, 0) is 9.84 Å². The summed E-state index contributed by atoms with van der Waals surface area (Å²) in [6.07, 6.45) is 2.26. The predicted molar refractivity (Wildman–Crippen MR) is 75.7 cm³/mol. The highest BCUT2D eigenvalue weighted by Gasteiger charge is 2.19. The average Bonchev–Trinajstić information content (AvgIpc) is 2.82. The lowest BCUT2D eigenvalue weighted by atomic mass is 10.3. The largest absolute Gasteiger partial charge is 0.477 e. The van der Waals surface area contributed by atoms with Crippen LogP contribution in [0.1, 0.15) is 10.4 Å². The Balaban J connectivity index is 2.32. The molecule has 0 saturated heterocycles. The summed E-state index contributed by atoms with van der Waals surface area (Å²) in [7, 11) is -3.19. The first kappa shape index (κ1) is 15.0. The molecule has 0 unspecified atom stereocenters. The van der Waals surface area contributed by atoms with Crippen LogP contribution in [0.15, 0.2) is 36.5 Å². The van der Waals surface area contributed by atoms with Gasteiger partial charge in [0.15, 0.2) is 9.84 Å². The normalized spacial score (nSPS) is 11.3. The van der Waals surface area contributed by atoms with E-state index in [9.17, 15) is 13.2 Å². The Morgan fingerprint density at radius 3 is 2.57 bits per heavy atom. The monoisotopic (exact) mass is 310 g/mol. The van der Waals surface area contributed by atoms with E-state index in [4.69, 9.17) is 9.84 Å². The van der Waals surface area contributed by atoms with Crippen LogP contribution in [0.2, 0.25) is 0 Å². The number of carboxylic acid groups (broad SMARTS) is 1. The van der Waals surface area contributed by atoms with Crippen LogP contribution in [0.4, 0.5) is 0 Å². The van der Waals surface area contributed by atoms with E-state index < -0.39 is 15.8 Å². The average molecular weight is 310 g/mol.